The van der Waals surface area contributed by atoms with Gasteiger partial charge in [0.2, 0.25) is 0 Å². The lowest BCUT2D eigenvalue weighted by Gasteiger charge is -2.26. The summed E-state index contributed by atoms with van der Waals surface area (Å²) in [7, 11) is 1.67. The molecule has 0 aliphatic heterocycles. The Morgan fingerprint density at radius 2 is 1.94 bits per heavy atom. The molecule has 5 rings (SSSR count). The Balaban J connectivity index is 1.43. The van der Waals surface area contributed by atoms with Crippen LogP contribution in [0.2, 0.25) is 0 Å². The van der Waals surface area contributed by atoms with E-state index in [1.165, 1.54) is 0 Å². The van der Waals surface area contributed by atoms with Crippen molar-refractivity contribution in [3.05, 3.63) is 60.4 Å². The standard InChI is InChI=1S/C23H25N7O2/c1-23(18-7-8-18,17-5-3-15(4-6-17)19-12-26-20(24)13-25-19)22-28-21(32-29-22)16-11-27-30(14-16)9-10-31-2/h3-6,11-14,18H,7-10H2,1-2H3,(H2,24,26)/t23-/m1/s1. The number of hydrogen-bond donors (Lipinski definition) is 1. The van der Waals surface area contributed by atoms with Gasteiger partial charge in [0.1, 0.15) is 5.82 Å². The zero-order valence-electron chi connectivity index (χ0n) is 18.1. The highest BCUT2D eigenvalue weighted by molar-refractivity contribution is 5.60. The second-order valence-electron chi connectivity index (χ2n) is 8.29. The first kappa shape index (κ1) is 20.3. The van der Waals surface area contributed by atoms with Crippen molar-refractivity contribution >= 4 is 5.82 Å². The first-order valence-corrected chi connectivity index (χ1v) is 10.6. The van der Waals surface area contributed by atoms with E-state index < -0.39 is 0 Å². The average molecular weight is 432 g/mol. The van der Waals surface area contributed by atoms with Crippen LogP contribution in [0.1, 0.15) is 31.2 Å². The molecule has 164 valence electrons. The van der Waals surface area contributed by atoms with Crippen molar-refractivity contribution in [1.29, 1.82) is 0 Å². The number of nitrogens with two attached hydrogens (primary N) is 1. The van der Waals surface area contributed by atoms with E-state index in [9.17, 15) is 0 Å². The van der Waals surface area contributed by atoms with E-state index in [-0.39, 0.29) is 5.41 Å². The van der Waals surface area contributed by atoms with Gasteiger partial charge in [-0.15, -0.1) is 0 Å². The highest BCUT2D eigenvalue weighted by Crippen LogP contribution is 2.50. The van der Waals surface area contributed by atoms with Gasteiger partial charge in [-0.25, -0.2) is 4.98 Å². The normalized spacial score (nSPS) is 15.6. The summed E-state index contributed by atoms with van der Waals surface area (Å²) in [6.07, 6.45) is 9.16. The molecule has 1 aliphatic rings. The van der Waals surface area contributed by atoms with Gasteiger partial charge in [0.15, 0.2) is 5.82 Å². The predicted octanol–water partition coefficient (Wildman–Crippen LogP) is 3.33. The lowest BCUT2D eigenvalue weighted by molar-refractivity contribution is 0.183. The molecule has 9 heteroatoms. The first-order valence-electron chi connectivity index (χ1n) is 10.6. The maximum absolute atomic E-state index is 5.65. The zero-order valence-corrected chi connectivity index (χ0v) is 18.1. The fourth-order valence-corrected chi connectivity index (χ4v) is 4.02. The summed E-state index contributed by atoms with van der Waals surface area (Å²) in [6, 6.07) is 8.34. The van der Waals surface area contributed by atoms with E-state index in [0.29, 0.717) is 36.6 Å². The molecule has 32 heavy (non-hydrogen) atoms. The number of methoxy groups -OCH3 is 1. The highest BCUT2D eigenvalue weighted by Gasteiger charge is 2.47. The van der Waals surface area contributed by atoms with Crippen LogP contribution in [0, 0.1) is 5.92 Å². The number of nitrogens with zero attached hydrogens (tertiary/aromatic N) is 6. The van der Waals surface area contributed by atoms with Crippen LogP contribution in [0.3, 0.4) is 0 Å². The second kappa shape index (κ2) is 8.16. The van der Waals surface area contributed by atoms with E-state index in [1.807, 2.05) is 10.9 Å². The monoisotopic (exact) mass is 431 g/mol. The second-order valence-corrected chi connectivity index (χ2v) is 8.29. The van der Waals surface area contributed by atoms with Gasteiger partial charge in [0.25, 0.3) is 5.89 Å². The van der Waals surface area contributed by atoms with E-state index in [0.717, 1.165) is 35.2 Å². The Hall–Kier alpha value is -3.59. The molecule has 1 aromatic carbocycles. The summed E-state index contributed by atoms with van der Waals surface area (Å²) < 4.78 is 12.6. The van der Waals surface area contributed by atoms with Crippen molar-refractivity contribution in [3.63, 3.8) is 0 Å². The van der Waals surface area contributed by atoms with Crippen LogP contribution >= 0.6 is 0 Å². The molecule has 1 aliphatic carbocycles. The Morgan fingerprint density at radius 3 is 2.62 bits per heavy atom. The zero-order chi connectivity index (χ0) is 22.1. The molecule has 0 spiro atoms. The summed E-state index contributed by atoms with van der Waals surface area (Å²) in [5.74, 6) is 2.05. The smallest absolute Gasteiger partial charge is 0.261 e. The van der Waals surface area contributed by atoms with Gasteiger partial charge >= 0.3 is 0 Å². The summed E-state index contributed by atoms with van der Waals surface area (Å²) >= 11 is 0. The van der Waals surface area contributed by atoms with Crippen molar-refractivity contribution in [2.24, 2.45) is 5.92 Å². The van der Waals surface area contributed by atoms with Crippen LogP contribution < -0.4 is 5.73 Å². The summed E-state index contributed by atoms with van der Waals surface area (Å²) in [6.45, 7) is 3.45. The van der Waals surface area contributed by atoms with Crippen LogP contribution in [0.5, 0.6) is 0 Å². The Bertz CT molecular complexity index is 1200. The van der Waals surface area contributed by atoms with Crippen molar-refractivity contribution in [1.82, 2.24) is 29.9 Å². The predicted molar refractivity (Wildman–Crippen MR) is 118 cm³/mol. The molecule has 1 fully saturated rings. The quantitative estimate of drug-likeness (QED) is 0.451. The van der Waals surface area contributed by atoms with E-state index in [1.54, 1.807) is 25.7 Å². The molecule has 1 saturated carbocycles. The van der Waals surface area contributed by atoms with Gasteiger partial charge in [0, 0.05) is 18.9 Å². The summed E-state index contributed by atoms with van der Waals surface area (Å²) in [5.41, 5.74) is 9.03. The first-order chi connectivity index (χ1) is 15.6. The molecule has 9 nitrogen and oxygen atoms in total. The summed E-state index contributed by atoms with van der Waals surface area (Å²) in [4.78, 5) is 13.3. The number of aromatic nitrogens is 6. The van der Waals surface area contributed by atoms with Crippen molar-refractivity contribution in [2.75, 3.05) is 19.5 Å². The minimum absolute atomic E-state index is 0.334. The number of nitrogen functional groups attached to an aromatic ring is 1. The van der Waals surface area contributed by atoms with Crippen LogP contribution in [0.25, 0.3) is 22.7 Å². The number of benzene rings is 1. The SMILES string of the molecule is COCCn1cc(-c2nc([C@](C)(c3ccc(-c4cnc(N)cn4)cc3)C3CC3)no2)cn1. The highest BCUT2D eigenvalue weighted by atomic mass is 16.5. The molecule has 0 bridgehead atoms. The topological polar surface area (TPSA) is 118 Å². The molecule has 2 N–H and O–H groups in total. The Morgan fingerprint density at radius 1 is 1.12 bits per heavy atom. The van der Waals surface area contributed by atoms with Gasteiger partial charge in [-0.05, 0) is 31.2 Å². The molecular formula is C23H25N7O2. The van der Waals surface area contributed by atoms with Gasteiger partial charge in [0.05, 0.1) is 48.4 Å². The molecule has 4 aromatic rings. The van der Waals surface area contributed by atoms with E-state index in [4.69, 9.17) is 20.0 Å². The maximum Gasteiger partial charge on any atom is 0.261 e. The van der Waals surface area contributed by atoms with Gasteiger partial charge < -0.3 is 15.0 Å². The minimum atomic E-state index is -0.334. The minimum Gasteiger partial charge on any atom is -0.383 e. The molecule has 1 atom stereocenters. The third-order valence-electron chi connectivity index (χ3n) is 6.14. The molecule has 0 unspecified atom stereocenters. The van der Waals surface area contributed by atoms with Crippen LogP contribution in [0.4, 0.5) is 5.82 Å². The molecular weight excluding hydrogens is 406 g/mol. The lowest BCUT2D eigenvalue weighted by Crippen LogP contribution is -2.28. The van der Waals surface area contributed by atoms with Crippen molar-refractivity contribution in [3.8, 4) is 22.7 Å². The average Bonchev–Trinajstić information content (AvgIpc) is 3.37. The maximum atomic E-state index is 5.65. The number of hydrogen-bond acceptors (Lipinski definition) is 8. The Kier molecular flexibility index (Phi) is 5.18. The molecule has 3 heterocycles. The summed E-state index contributed by atoms with van der Waals surface area (Å²) in [5, 5.41) is 8.72. The fraction of sp³-hybridized carbons (Fsp3) is 0.348. The third kappa shape index (κ3) is 3.75. The lowest BCUT2D eigenvalue weighted by atomic mass is 9.77. The molecule has 0 radical (unpaired) electrons. The van der Waals surface area contributed by atoms with Gasteiger partial charge in [-0.1, -0.05) is 29.4 Å². The van der Waals surface area contributed by atoms with E-state index in [2.05, 4.69) is 51.4 Å². The fourth-order valence-electron chi connectivity index (χ4n) is 4.02. The van der Waals surface area contributed by atoms with Crippen molar-refractivity contribution in [2.45, 2.75) is 31.7 Å². The van der Waals surface area contributed by atoms with Crippen LogP contribution in [0.15, 0.2) is 53.6 Å². The van der Waals surface area contributed by atoms with Crippen LogP contribution in [-0.2, 0) is 16.7 Å². The molecule has 0 saturated heterocycles. The van der Waals surface area contributed by atoms with Gasteiger partial charge in [-0.3, -0.25) is 9.67 Å². The largest absolute Gasteiger partial charge is 0.383 e. The van der Waals surface area contributed by atoms with Crippen molar-refractivity contribution < 1.29 is 9.26 Å². The van der Waals surface area contributed by atoms with Gasteiger partial charge in [-0.2, -0.15) is 10.1 Å². The molecule has 0 amide bonds. The molecule has 3 aromatic heterocycles. The van der Waals surface area contributed by atoms with Crippen LogP contribution in [-0.4, -0.2) is 43.6 Å². The Labute approximate surface area is 185 Å². The number of anilines is 1. The van der Waals surface area contributed by atoms with E-state index >= 15 is 0 Å². The third-order valence-corrected chi connectivity index (χ3v) is 6.14. The number of rotatable bonds is 8. The number of ether oxygens (including phenoxy) is 1.